The van der Waals surface area contributed by atoms with Gasteiger partial charge in [-0.25, -0.2) is 0 Å². The van der Waals surface area contributed by atoms with E-state index < -0.39 is 0 Å². The van der Waals surface area contributed by atoms with Crippen LogP contribution in [-0.4, -0.2) is 10.8 Å². The number of benzene rings is 1. The van der Waals surface area contributed by atoms with Crippen molar-refractivity contribution in [1.29, 1.82) is 0 Å². The smallest absolute Gasteiger partial charge is 0.162 e. The van der Waals surface area contributed by atoms with Crippen molar-refractivity contribution in [2.45, 2.75) is 33.1 Å². The van der Waals surface area contributed by atoms with Gasteiger partial charge in [0.15, 0.2) is 5.78 Å². The first-order chi connectivity index (χ1) is 7.41. The largest absolute Gasteiger partial charge is 0.357 e. The molecule has 0 radical (unpaired) electrons. The summed E-state index contributed by atoms with van der Waals surface area (Å²) in [7, 11) is 0. The zero-order valence-corrected chi connectivity index (χ0v) is 10.2. The Morgan fingerprint density at radius 3 is 2.38 bits per heavy atom. The van der Waals surface area contributed by atoms with E-state index in [0.29, 0.717) is 0 Å². The van der Waals surface area contributed by atoms with Crippen molar-refractivity contribution < 1.29 is 4.79 Å². The monoisotopic (exact) mass is 215 g/mol. The third-order valence-corrected chi connectivity index (χ3v) is 2.81. The van der Waals surface area contributed by atoms with E-state index in [2.05, 4.69) is 25.8 Å². The number of hydrogen-bond acceptors (Lipinski definition) is 1. The van der Waals surface area contributed by atoms with E-state index in [-0.39, 0.29) is 11.2 Å². The predicted octanol–water partition coefficient (Wildman–Crippen LogP) is 3.67. The number of Topliss-reactive ketones (excluding diaryl/α,β-unsaturated/α-hetero) is 1. The van der Waals surface area contributed by atoms with E-state index in [4.69, 9.17) is 0 Å². The highest BCUT2D eigenvalue weighted by molar-refractivity contribution is 6.08. The maximum absolute atomic E-state index is 11.8. The molecule has 0 saturated carbocycles. The molecule has 0 aliphatic carbocycles. The molecule has 2 rings (SSSR count). The highest BCUT2D eigenvalue weighted by Crippen LogP contribution is 2.31. The summed E-state index contributed by atoms with van der Waals surface area (Å²) in [5, 5.41) is 1.03. The molecule has 16 heavy (non-hydrogen) atoms. The summed E-state index contributed by atoms with van der Waals surface area (Å²) >= 11 is 0. The minimum Gasteiger partial charge on any atom is -0.357 e. The molecule has 1 N–H and O–H groups in total. The number of para-hydroxylation sites is 1. The van der Waals surface area contributed by atoms with Gasteiger partial charge in [0.2, 0.25) is 0 Å². The van der Waals surface area contributed by atoms with E-state index in [0.717, 1.165) is 22.2 Å². The van der Waals surface area contributed by atoms with E-state index >= 15 is 0 Å². The number of aromatic nitrogens is 1. The number of hydrogen-bond donors (Lipinski definition) is 1. The molecule has 0 aliphatic heterocycles. The normalized spacial score (nSPS) is 12.0. The minimum absolute atomic E-state index is 0.0416. The number of rotatable bonds is 1. The lowest BCUT2D eigenvalue weighted by Crippen LogP contribution is -2.15. The highest BCUT2D eigenvalue weighted by Gasteiger charge is 2.24. The molecule has 2 aromatic rings. The van der Waals surface area contributed by atoms with Gasteiger partial charge in [0.05, 0.1) is 0 Å². The lowest BCUT2D eigenvalue weighted by atomic mass is 9.88. The fraction of sp³-hybridized carbons (Fsp3) is 0.357. The lowest BCUT2D eigenvalue weighted by molar-refractivity contribution is 0.101. The van der Waals surface area contributed by atoms with Crippen LogP contribution in [0.15, 0.2) is 24.3 Å². The SMILES string of the molecule is CC(=O)c1c(C(C)(C)C)[nH]c2ccccc12. The van der Waals surface area contributed by atoms with Crippen molar-refractivity contribution in [1.82, 2.24) is 4.98 Å². The average molecular weight is 215 g/mol. The van der Waals surface area contributed by atoms with Gasteiger partial charge >= 0.3 is 0 Å². The highest BCUT2D eigenvalue weighted by atomic mass is 16.1. The van der Waals surface area contributed by atoms with Gasteiger partial charge in [-0.1, -0.05) is 39.0 Å². The lowest BCUT2D eigenvalue weighted by Gasteiger charge is -2.18. The van der Waals surface area contributed by atoms with Gasteiger partial charge in [-0.2, -0.15) is 0 Å². The number of carbonyl (C=O) groups is 1. The van der Waals surface area contributed by atoms with Crippen LogP contribution in [0, 0.1) is 0 Å². The number of H-pyrrole nitrogens is 1. The fourth-order valence-corrected chi connectivity index (χ4v) is 2.07. The molecule has 1 heterocycles. The number of fused-ring (bicyclic) bond motifs is 1. The molecule has 84 valence electrons. The Morgan fingerprint density at radius 1 is 1.19 bits per heavy atom. The third kappa shape index (κ3) is 1.64. The van der Waals surface area contributed by atoms with Gasteiger partial charge < -0.3 is 4.98 Å². The van der Waals surface area contributed by atoms with Gasteiger partial charge in [-0.05, 0) is 13.0 Å². The zero-order chi connectivity index (χ0) is 11.9. The molecule has 0 bridgehead atoms. The molecular weight excluding hydrogens is 198 g/mol. The number of aromatic amines is 1. The summed E-state index contributed by atoms with van der Waals surface area (Å²) in [5.41, 5.74) is 2.86. The van der Waals surface area contributed by atoms with Crippen LogP contribution in [0.1, 0.15) is 43.7 Å². The average Bonchev–Trinajstić information content (AvgIpc) is 2.55. The summed E-state index contributed by atoms with van der Waals surface area (Å²) in [6.07, 6.45) is 0. The van der Waals surface area contributed by atoms with Crippen molar-refractivity contribution in [3.63, 3.8) is 0 Å². The summed E-state index contributed by atoms with van der Waals surface area (Å²) in [4.78, 5) is 15.1. The second-order valence-corrected chi connectivity index (χ2v) is 5.23. The summed E-state index contributed by atoms with van der Waals surface area (Å²) in [6, 6.07) is 7.96. The van der Waals surface area contributed by atoms with Crippen LogP contribution in [-0.2, 0) is 5.41 Å². The van der Waals surface area contributed by atoms with Crippen LogP contribution >= 0.6 is 0 Å². The Labute approximate surface area is 95.7 Å². The van der Waals surface area contributed by atoms with Crippen molar-refractivity contribution in [3.05, 3.63) is 35.5 Å². The number of nitrogens with one attached hydrogen (secondary N) is 1. The minimum atomic E-state index is -0.0416. The number of ketones is 1. The Hall–Kier alpha value is -1.57. The van der Waals surface area contributed by atoms with Gasteiger partial charge in [0.1, 0.15) is 0 Å². The van der Waals surface area contributed by atoms with Crippen LogP contribution in [0.3, 0.4) is 0 Å². The van der Waals surface area contributed by atoms with Gasteiger partial charge in [-0.3, -0.25) is 4.79 Å². The molecule has 0 saturated heterocycles. The Kier molecular flexibility index (Phi) is 2.38. The second kappa shape index (κ2) is 3.48. The van der Waals surface area contributed by atoms with Crippen molar-refractivity contribution in [3.8, 4) is 0 Å². The summed E-state index contributed by atoms with van der Waals surface area (Å²) in [6.45, 7) is 7.98. The molecule has 0 fully saturated rings. The van der Waals surface area contributed by atoms with Crippen LogP contribution in [0.5, 0.6) is 0 Å². The predicted molar refractivity (Wildman–Crippen MR) is 67.0 cm³/mol. The van der Waals surface area contributed by atoms with E-state index in [1.165, 1.54) is 0 Å². The Morgan fingerprint density at radius 2 is 1.81 bits per heavy atom. The van der Waals surface area contributed by atoms with Crippen LogP contribution in [0.2, 0.25) is 0 Å². The number of carbonyl (C=O) groups excluding carboxylic acids is 1. The molecule has 0 unspecified atom stereocenters. The van der Waals surface area contributed by atoms with E-state index in [1.54, 1.807) is 6.92 Å². The quantitative estimate of drug-likeness (QED) is 0.723. The van der Waals surface area contributed by atoms with Crippen molar-refractivity contribution in [2.24, 2.45) is 0 Å². The molecule has 2 heteroatoms. The van der Waals surface area contributed by atoms with E-state index in [9.17, 15) is 4.79 Å². The summed E-state index contributed by atoms with van der Waals surface area (Å²) in [5.74, 6) is 0.127. The molecule has 1 aromatic carbocycles. The molecule has 0 aliphatic rings. The third-order valence-electron chi connectivity index (χ3n) is 2.81. The second-order valence-electron chi connectivity index (χ2n) is 5.23. The van der Waals surface area contributed by atoms with Crippen LogP contribution < -0.4 is 0 Å². The van der Waals surface area contributed by atoms with Gasteiger partial charge in [-0.15, -0.1) is 0 Å². The Bertz CT molecular complexity index is 543. The maximum Gasteiger partial charge on any atom is 0.162 e. The topological polar surface area (TPSA) is 32.9 Å². The molecule has 0 atom stereocenters. The summed E-state index contributed by atoms with van der Waals surface area (Å²) < 4.78 is 0. The van der Waals surface area contributed by atoms with Crippen LogP contribution in [0.4, 0.5) is 0 Å². The molecule has 1 aromatic heterocycles. The first-order valence-electron chi connectivity index (χ1n) is 5.53. The van der Waals surface area contributed by atoms with Crippen molar-refractivity contribution in [2.75, 3.05) is 0 Å². The van der Waals surface area contributed by atoms with Crippen LogP contribution in [0.25, 0.3) is 10.9 Å². The van der Waals surface area contributed by atoms with E-state index in [1.807, 2.05) is 24.3 Å². The first-order valence-corrected chi connectivity index (χ1v) is 5.53. The Balaban J connectivity index is 2.84. The standard InChI is InChI=1S/C14H17NO/c1-9(16)12-10-7-5-6-8-11(10)15-13(12)14(2,3)4/h5-8,15H,1-4H3. The van der Waals surface area contributed by atoms with Gasteiger partial charge in [0, 0.05) is 27.6 Å². The molecule has 0 spiro atoms. The maximum atomic E-state index is 11.8. The van der Waals surface area contributed by atoms with Gasteiger partial charge in [0.25, 0.3) is 0 Å². The molecule has 2 nitrogen and oxygen atoms in total. The fourth-order valence-electron chi connectivity index (χ4n) is 2.07. The molecular formula is C14H17NO. The zero-order valence-electron chi connectivity index (χ0n) is 10.2. The van der Waals surface area contributed by atoms with Crippen molar-refractivity contribution >= 4 is 16.7 Å². The first kappa shape index (κ1) is 10.9. The molecule has 0 amide bonds.